The van der Waals surface area contributed by atoms with Gasteiger partial charge in [0.25, 0.3) is 0 Å². The van der Waals surface area contributed by atoms with E-state index >= 15 is 0 Å². The van der Waals surface area contributed by atoms with Crippen molar-refractivity contribution in [2.24, 2.45) is 0 Å². The van der Waals surface area contributed by atoms with Crippen molar-refractivity contribution in [2.45, 2.75) is 46.1 Å². The Morgan fingerprint density at radius 2 is 2.06 bits per heavy atom. The van der Waals surface area contributed by atoms with Gasteiger partial charge in [-0.15, -0.1) is 0 Å². The third-order valence-electron chi connectivity index (χ3n) is 3.15. The number of aromatic amines is 1. The fourth-order valence-corrected chi connectivity index (χ4v) is 2.25. The maximum absolute atomic E-state index is 4.36. The second-order valence-electron chi connectivity index (χ2n) is 5.79. The maximum atomic E-state index is 4.36. The number of hydrogen-bond donors (Lipinski definition) is 2. The first-order valence-corrected chi connectivity index (χ1v) is 6.71. The molecule has 0 saturated heterocycles. The van der Waals surface area contributed by atoms with Crippen LogP contribution in [0.1, 0.15) is 39.0 Å². The van der Waals surface area contributed by atoms with Crippen molar-refractivity contribution in [1.29, 1.82) is 0 Å². The molecule has 0 aliphatic rings. The molecule has 0 atom stereocenters. The lowest BCUT2D eigenvalue weighted by Crippen LogP contribution is -2.37. The van der Waals surface area contributed by atoms with E-state index in [0.29, 0.717) is 0 Å². The summed E-state index contributed by atoms with van der Waals surface area (Å²) in [6.07, 6.45) is 2.04. The third kappa shape index (κ3) is 2.91. The average Bonchev–Trinajstić information content (AvgIpc) is 2.71. The zero-order valence-corrected chi connectivity index (χ0v) is 11.8. The summed E-state index contributed by atoms with van der Waals surface area (Å²) >= 11 is 0. The van der Waals surface area contributed by atoms with Crippen LogP contribution in [0, 0.1) is 0 Å². The van der Waals surface area contributed by atoms with Gasteiger partial charge in [0, 0.05) is 16.6 Å². The standard InChI is InChI=1S/C15H23N3/c1-5-12-14-11(9-10-16-15(2,3)4)7-6-8-13(14)18-17-12/h6-8,16H,5,9-10H2,1-4H3,(H,17,18). The number of nitrogens with zero attached hydrogens (tertiary/aromatic N) is 1. The van der Waals surface area contributed by atoms with Crippen molar-refractivity contribution >= 4 is 10.9 Å². The van der Waals surface area contributed by atoms with Crippen LogP contribution in [0.2, 0.25) is 0 Å². The number of aromatic nitrogens is 2. The van der Waals surface area contributed by atoms with Gasteiger partial charge in [0.1, 0.15) is 0 Å². The van der Waals surface area contributed by atoms with Crippen LogP contribution in [0.4, 0.5) is 0 Å². The Hall–Kier alpha value is -1.35. The molecule has 1 heterocycles. The van der Waals surface area contributed by atoms with Crippen LogP contribution < -0.4 is 5.32 Å². The average molecular weight is 245 g/mol. The van der Waals surface area contributed by atoms with E-state index in [1.165, 1.54) is 16.6 Å². The summed E-state index contributed by atoms with van der Waals surface area (Å²) in [6, 6.07) is 6.38. The van der Waals surface area contributed by atoms with Gasteiger partial charge in [-0.05, 0) is 51.8 Å². The predicted molar refractivity (Wildman–Crippen MR) is 76.9 cm³/mol. The molecule has 0 aliphatic carbocycles. The molecule has 2 rings (SSSR count). The number of aryl methyl sites for hydroxylation is 1. The molecule has 2 N–H and O–H groups in total. The molecule has 0 bridgehead atoms. The molecule has 0 radical (unpaired) electrons. The number of rotatable bonds is 4. The molecular weight excluding hydrogens is 222 g/mol. The van der Waals surface area contributed by atoms with E-state index in [-0.39, 0.29) is 5.54 Å². The molecule has 3 heteroatoms. The SMILES string of the molecule is CCc1[nH]nc2cccc(CCNC(C)(C)C)c12. The van der Waals surface area contributed by atoms with Gasteiger partial charge in [-0.2, -0.15) is 5.10 Å². The van der Waals surface area contributed by atoms with E-state index in [4.69, 9.17) is 0 Å². The topological polar surface area (TPSA) is 40.7 Å². The van der Waals surface area contributed by atoms with Gasteiger partial charge in [-0.25, -0.2) is 0 Å². The van der Waals surface area contributed by atoms with Gasteiger partial charge >= 0.3 is 0 Å². The number of nitrogens with one attached hydrogen (secondary N) is 2. The van der Waals surface area contributed by atoms with E-state index in [1.807, 2.05) is 0 Å². The normalized spacial score (nSPS) is 12.2. The van der Waals surface area contributed by atoms with Gasteiger partial charge < -0.3 is 5.32 Å². The zero-order valence-electron chi connectivity index (χ0n) is 11.8. The Morgan fingerprint density at radius 3 is 2.72 bits per heavy atom. The molecule has 0 fully saturated rings. The summed E-state index contributed by atoms with van der Waals surface area (Å²) in [4.78, 5) is 0. The smallest absolute Gasteiger partial charge is 0.0926 e. The number of benzene rings is 1. The predicted octanol–water partition coefficient (Wildman–Crippen LogP) is 3.06. The van der Waals surface area contributed by atoms with Gasteiger partial charge in [0.05, 0.1) is 5.52 Å². The molecule has 18 heavy (non-hydrogen) atoms. The lowest BCUT2D eigenvalue weighted by atomic mass is 10.0. The highest BCUT2D eigenvalue weighted by molar-refractivity contribution is 5.84. The second kappa shape index (κ2) is 5.11. The van der Waals surface area contributed by atoms with Gasteiger partial charge in [-0.3, -0.25) is 5.10 Å². The van der Waals surface area contributed by atoms with Crippen LogP contribution in [0.5, 0.6) is 0 Å². The summed E-state index contributed by atoms with van der Waals surface area (Å²) in [7, 11) is 0. The maximum Gasteiger partial charge on any atom is 0.0926 e. The summed E-state index contributed by atoms with van der Waals surface area (Å²) in [5, 5.41) is 12.4. The minimum absolute atomic E-state index is 0.178. The largest absolute Gasteiger partial charge is 0.312 e. The molecule has 1 aromatic carbocycles. The molecule has 0 aliphatic heterocycles. The molecule has 1 aromatic heterocycles. The van der Waals surface area contributed by atoms with Crippen LogP contribution in [0.3, 0.4) is 0 Å². The summed E-state index contributed by atoms with van der Waals surface area (Å²) < 4.78 is 0. The molecule has 2 aromatic rings. The van der Waals surface area contributed by atoms with E-state index in [1.54, 1.807) is 0 Å². The van der Waals surface area contributed by atoms with E-state index in [2.05, 4.69) is 61.4 Å². The fourth-order valence-electron chi connectivity index (χ4n) is 2.25. The fraction of sp³-hybridized carbons (Fsp3) is 0.533. The second-order valence-corrected chi connectivity index (χ2v) is 5.79. The third-order valence-corrected chi connectivity index (χ3v) is 3.15. The molecule has 0 amide bonds. The Labute approximate surface area is 109 Å². The van der Waals surface area contributed by atoms with E-state index < -0.39 is 0 Å². The van der Waals surface area contributed by atoms with Gasteiger partial charge in [0.2, 0.25) is 0 Å². The van der Waals surface area contributed by atoms with Crippen molar-refractivity contribution in [3.63, 3.8) is 0 Å². The molecule has 98 valence electrons. The van der Waals surface area contributed by atoms with Crippen LogP contribution >= 0.6 is 0 Å². The Morgan fingerprint density at radius 1 is 1.28 bits per heavy atom. The summed E-state index contributed by atoms with van der Waals surface area (Å²) in [6.45, 7) is 9.75. The number of hydrogen-bond acceptors (Lipinski definition) is 2. The molecule has 0 spiro atoms. The Bertz CT molecular complexity index is 520. The van der Waals surface area contributed by atoms with Crippen LogP contribution in [0.25, 0.3) is 10.9 Å². The molecule has 3 nitrogen and oxygen atoms in total. The van der Waals surface area contributed by atoms with Crippen LogP contribution in [-0.2, 0) is 12.8 Å². The number of H-pyrrole nitrogens is 1. The monoisotopic (exact) mass is 245 g/mol. The Kier molecular flexibility index (Phi) is 3.71. The lowest BCUT2D eigenvalue weighted by molar-refractivity contribution is 0.430. The van der Waals surface area contributed by atoms with Gasteiger partial charge in [0.15, 0.2) is 0 Å². The van der Waals surface area contributed by atoms with Crippen molar-refractivity contribution in [3.8, 4) is 0 Å². The highest BCUT2D eigenvalue weighted by Gasteiger charge is 2.11. The summed E-state index contributed by atoms with van der Waals surface area (Å²) in [5.41, 5.74) is 3.89. The first-order valence-electron chi connectivity index (χ1n) is 6.71. The quantitative estimate of drug-likeness (QED) is 0.869. The molecule has 0 saturated carbocycles. The molecule has 0 unspecified atom stereocenters. The van der Waals surface area contributed by atoms with Crippen LogP contribution in [0.15, 0.2) is 18.2 Å². The number of fused-ring (bicyclic) bond motifs is 1. The van der Waals surface area contributed by atoms with Gasteiger partial charge in [-0.1, -0.05) is 19.1 Å². The highest BCUT2D eigenvalue weighted by atomic mass is 15.1. The van der Waals surface area contributed by atoms with Crippen molar-refractivity contribution in [2.75, 3.05) is 6.54 Å². The summed E-state index contributed by atoms with van der Waals surface area (Å²) in [5.74, 6) is 0. The van der Waals surface area contributed by atoms with Crippen LogP contribution in [-0.4, -0.2) is 22.3 Å². The first kappa shape index (κ1) is 13.1. The molecular formula is C15H23N3. The minimum atomic E-state index is 0.178. The van der Waals surface area contributed by atoms with E-state index in [0.717, 1.165) is 24.9 Å². The first-order chi connectivity index (χ1) is 8.51. The Balaban J connectivity index is 2.19. The highest BCUT2D eigenvalue weighted by Crippen LogP contribution is 2.21. The zero-order chi connectivity index (χ0) is 13.2. The van der Waals surface area contributed by atoms with Crippen molar-refractivity contribution < 1.29 is 0 Å². The minimum Gasteiger partial charge on any atom is -0.312 e. The van der Waals surface area contributed by atoms with E-state index in [9.17, 15) is 0 Å². The van der Waals surface area contributed by atoms with Crippen molar-refractivity contribution in [3.05, 3.63) is 29.5 Å². The lowest BCUT2D eigenvalue weighted by Gasteiger charge is -2.20. The van der Waals surface area contributed by atoms with Crippen molar-refractivity contribution in [1.82, 2.24) is 15.5 Å².